The summed E-state index contributed by atoms with van der Waals surface area (Å²) in [6.45, 7) is 1.49. The van der Waals surface area contributed by atoms with E-state index in [1.54, 1.807) is 12.1 Å². The molecule has 0 unspecified atom stereocenters. The molecule has 0 radical (unpaired) electrons. The van der Waals surface area contributed by atoms with Gasteiger partial charge < -0.3 is 0 Å². The topological polar surface area (TPSA) is 92.3 Å². The molecule has 0 aliphatic rings. The molecule has 10 heteroatoms. The van der Waals surface area contributed by atoms with E-state index < -0.39 is 20.0 Å². The first-order chi connectivity index (χ1) is 9.18. The quantitative estimate of drug-likeness (QED) is 0.616. The van der Waals surface area contributed by atoms with Gasteiger partial charge in [-0.15, -0.1) is 0 Å². The number of benzene rings is 1. The molecule has 114 valence electrons. The number of rotatable bonds is 7. The summed E-state index contributed by atoms with van der Waals surface area (Å²) in [6.07, 6.45) is 0. The van der Waals surface area contributed by atoms with Crippen molar-refractivity contribution in [3.8, 4) is 0 Å². The SMILES string of the molecule is CCS(=O)(=O)NCCNS(=O)(=O)c1ccc(Br)cc1Br. The van der Waals surface area contributed by atoms with E-state index in [1.165, 1.54) is 13.0 Å². The number of halogens is 2. The molecule has 1 aromatic carbocycles. The second-order valence-electron chi connectivity index (χ2n) is 3.77. The zero-order valence-electron chi connectivity index (χ0n) is 10.6. The van der Waals surface area contributed by atoms with Gasteiger partial charge in [-0.05, 0) is 41.1 Å². The van der Waals surface area contributed by atoms with Crippen molar-refractivity contribution in [1.29, 1.82) is 0 Å². The first-order valence-electron chi connectivity index (χ1n) is 5.60. The van der Waals surface area contributed by atoms with Gasteiger partial charge in [0.2, 0.25) is 20.0 Å². The Morgan fingerprint density at radius 2 is 1.65 bits per heavy atom. The molecule has 0 atom stereocenters. The van der Waals surface area contributed by atoms with Gasteiger partial charge in [-0.25, -0.2) is 26.3 Å². The molecular weight excluding hydrogens is 436 g/mol. The first kappa shape index (κ1) is 18.1. The summed E-state index contributed by atoms with van der Waals surface area (Å²) in [4.78, 5) is 0.0963. The molecular formula is C10H14Br2N2O4S2. The van der Waals surface area contributed by atoms with Crippen LogP contribution in [0, 0.1) is 0 Å². The third-order valence-corrected chi connectivity index (χ3v) is 6.64. The van der Waals surface area contributed by atoms with Crippen molar-refractivity contribution in [3.05, 3.63) is 27.1 Å². The van der Waals surface area contributed by atoms with Gasteiger partial charge >= 0.3 is 0 Å². The minimum Gasteiger partial charge on any atom is -0.214 e. The Balaban J connectivity index is 2.67. The summed E-state index contributed by atoms with van der Waals surface area (Å²) in [5, 5.41) is 0. The lowest BCUT2D eigenvalue weighted by Gasteiger charge is -2.09. The molecule has 20 heavy (non-hydrogen) atoms. The van der Waals surface area contributed by atoms with Gasteiger partial charge in [-0.1, -0.05) is 15.9 Å². The van der Waals surface area contributed by atoms with Crippen LogP contribution in [0.15, 0.2) is 32.0 Å². The standard InChI is InChI=1S/C10H14Br2N2O4S2/c1-2-19(15,16)13-5-6-14-20(17,18)10-4-3-8(11)7-9(10)12/h3-4,7,13-14H,2,5-6H2,1H3. The van der Waals surface area contributed by atoms with Crippen LogP contribution >= 0.6 is 31.9 Å². The normalized spacial score (nSPS) is 12.6. The van der Waals surface area contributed by atoms with Gasteiger partial charge in [0.1, 0.15) is 0 Å². The van der Waals surface area contributed by atoms with E-state index in [0.717, 1.165) is 4.47 Å². The molecule has 6 nitrogen and oxygen atoms in total. The van der Waals surface area contributed by atoms with Crippen LogP contribution in [0.4, 0.5) is 0 Å². The summed E-state index contributed by atoms with van der Waals surface area (Å²) in [5.41, 5.74) is 0. The van der Waals surface area contributed by atoms with Gasteiger partial charge in [0.25, 0.3) is 0 Å². The molecule has 0 aromatic heterocycles. The van der Waals surface area contributed by atoms with Crippen LogP contribution in [0.5, 0.6) is 0 Å². The highest BCUT2D eigenvalue weighted by Crippen LogP contribution is 2.25. The summed E-state index contributed by atoms with van der Waals surface area (Å²) < 4.78 is 52.2. The number of nitrogens with one attached hydrogen (secondary N) is 2. The Labute approximate surface area is 135 Å². The van der Waals surface area contributed by atoms with Crippen molar-refractivity contribution in [3.63, 3.8) is 0 Å². The molecule has 0 amide bonds. The van der Waals surface area contributed by atoms with Crippen molar-refractivity contribution in [1.82, 2.24) is 9.44 Å². The summed E-state index contributed by atoms with van der Waals surface area (Å²) in [5.74, 6) is -0.0436. The summed E-state index contributed by atoms with van der Waals surface area (Å²) in [6, 6.07) is 4.68. The van der Waals surface area contributed by atoms with Crippen LogP contribution in [0.25, 0.3) is 0 Å². The minimum atomic E-state index is -3.68. The molecule has 0 bridgehead atoms. The van der Waals surface area contributed by atoms with Crippen molar-refractivity contribution >= 4 is 51.9 Å². The fourth-order valence-corrected chi connectivity index (χ4v) is 4.66. The van der Waals surface area contributed by atoms with Crippen LogP contribution in [0.2, 0.25) is 0 Å². The maximum atomic E-state index is 12.0. The van der Waals surface area contributed by atoms with Crippen LogP contribution in [0.3, 0.4) is 0 Å². The zero-order valence-corrected chi connectivity index (χ0v) is 15.4. The second-order valence-corrected chi connectivity index (χ2v) is 9.37. The lowest BCUT2D eigenvalue weighted by atomic mass is 10.4. The second kappa shape index (κ2) is 7.32. The molecule has 2 N–H and O–H groups in total. The molecule has 0 aliphatic carbocycles. The Kier molecular flexibility index (Phi) is 6.61. The largest absolute Gasteiger partial charge is 0.241 e. The van der Waals surface area contributed by atoms with E-state index in [1.807, 2.05) is 0 Å². The number of hydrogen-bond acceptors (Lipinski definition) is 4. The van der Waals surface area contributed by atoms with Crippen molar-refractivity contribution in [2.24, 2.45) is 0 Å². The van der Waals surface area contributed by atoms with Crippen molar-refractivity contribution in [2.75, 3.05) is 18.8 Å². The van der Waals surface area contributed by atoms with Crippen molar-refractivity contribution < 1.29 is 16.8 Å². The van der Waals surface area contributed by atoms with Crippen LogP contribution < -0.4 is 9.44 Å². The predicted octanol–water partition coefficient (Wildman–Crippen LogP) is 1.43. The van der Waals surface area contributed by atoms with Gasteiger partial charge in [-0.3, -0.25) is 0 Å². The highest BCUT2D eigenvalue weighted by Gasteiger charge is 2.17. The Morgan fingerprint density at radius 1 is 1.05 bits per heavy atom. The first-order valence-corrected chi connectivity index (χ1v) is 10.3. The number of sulfonamides is 2. The molecule has 1 aromatic rings. The van der Waals surface area contributed by atoms with E-state index in [0.29, 0.717) is 4.47 Å². The maximum absolute atomic E-state index is 12.0. The van der Waals surface area contributed by atoms with Gasteiger partial charge in [0.05, 0.1) is 10.6 Å². The lowest BCUT2D eigenvalue weighted by Crippen LogP contribution is -2.35. The molecule has 0 fully saturated rings. The molecule has 0 saturated carbocycles. The molecule has 0 saturated heterocycles. The van der Waals surface area contributed by atoms with Crippen LogP contribution in [-0.4, -0.2) is 35.7 Å². The smallest absolute Gasteiger partial charge is 0.214 e. The lowest BCUT2D eigenvalue weighted by molar-refractivity contribution is 0.571. The number of hydrogen-bond donors (Lipinski definition) is 2. The Hall–Kier alpha value is -0.000000000000000111. The minimum absolute atomic E-state index is 0.00352. The van der Waals surface area contributed by atoms with Crippen LogP contribution in [-0.2, 0) is 20.0 Å². The molecule has 0 heterocycles. The fourth-order valence-electron chi connectivity index (χ4n) is 1.26. The third kappa shape index (κ3) is 5.41. The predicted molar refractivity (Wildman–Crippen MR) is 84.5 cm³/mol. The fraction of sp³-hybridized carbons (Fsp3) is 0.400. The molecule has 0 spiro atoms. The van der Waals surface area contributed by atoms with E-state index in [4.69, 9.17) is 0 Å². The van der Waals surface area contributed by atoms with Gasteiger partial charge in [0.15, 0.2) is 0 Å². The summed E-state index contributed by atoms with van der Waals surface area (Å²) in [7, 11) is -7.00. The average molecular weight is 450 g/mol. The monoisotopic (exact) mass is 448 g/mol. The average Bonchev–Trinajstić information content (AvgIpc) is 2.34. The molecule has 1 rings (SSSR count). The zero-order chi connectivity index (χ0) is 15.4. The summed E-state index contributed by atoms with van der Waals surface area (Å²) >= 11 is 6.41. The van der Waals surface area contributed by atoms with E-state index in [2.05, 4.69) is 41.3 Å². The van der Waals surface area contributed by atoms with E-state index in [-0.39, 0.29) is 23.7 Å². The van der Waals surface area contributed by atoms with Gasteiger partial charge in [-0.2, -0.15) is 0 Å². The highest BCUT2D eigenvalue weighted by atomic mass is 79.9. The maximum Gasteiger partial charge on any atom is 0.241 e. The third-order valence-electron chi connectivity index (χ3n) is 2.30. The Bertz CT molecular complexity index is 674. The highest BCUT2D eigenvalue weighted by molar-refractivity contribution is 9.11. The molecule has 0 aliphatic heterocycles. The van der Waals surface area contributed by atoms with Gasteiger partial charge in [0, 0.05) is 22.0 Å². The van der Waals surface area contributed by atoms with Crippen LogP contribution in [0.1, 0.15) is 6.92 Å². The van der Waals surface area contributed by atoms with E-state index >= 15 is 0 Å². The van der Waals surface area contributed by atoms with E-state index in [9.17, 15) is 16.8 Å². The van der Waals surface area contributed by atoms with Crippen molar-refractivity contribution in [2.45, 2.75) is 11.8 Å². The Morgan fingerprint density at radius 3 is 2.20 bits per heavy atom.